The minimum atomic E-state index is -0.0260. The van der Waals surface area contributed by atoms with Gasteiger partial charge in [0, 0.05) is 6.61 Å². The highest BCUT2D eigenvalue weighted by Gasteiger charge is 2.40. The molecule has 1 unspecified atom stereocenters. The molecule has 0 radical (unpaired) electrons. The molecule has 1 aliphatic rings. The van der Waals surface area contributed by atoms with Gasteiger partial charge in [-0.1, -0.05) is 62.9 Å². The van der Waals surface area contributed by atoms with Gasteiger partial charge < -0.3 is 10.1 Å². The van der Waals surface area contributed by atoms with Crippen LogP contribution in [0.4, 0.5) is 0 Å². The zero-order valence-electron chi connectivity index (χ0n) is 13.7. The summed E-state index contributed by atoms with van der Waals surface area (Å²) in [6.07, 6.45) is 8.79. The molecule has 118 valence electrons. The largest absolute Gasteiger partial charge is 0.373 e. The molecule has 1 aromatic rings. The van der Waals surface area contributed by atoms with E-state index < -0.39 is 0 Å². The molecule has 0 amide bonds. The predicted octanol–water partition coefficient (Wildman–Crippen LogP) is 4.86. The minimum Gasteiger partial charge on any atom is -0.373 e. The summed E-state index contributed by atoms with van der Waals surface area (Å²) in [4.78, 5) is 0. The maximum Gasteiger partial charge on any atom is 0.0876 e. The fourth-order valence-corrected chi connectivity index (χ4v) is 3.67. The summed E-state index contributed by atoms with van der Waals surface area (Å²) in [6, 6.07) is 11.2. The Kier molecular flexibility index (Phi) is 6.72. The molecule has 1 aromatic carbocycles. The van der Waals surface area contributed by atoms with E-state index in [-0.39, 0.29) is 5.60 Å². The van der Waals surface area contributed by atoms with Crippen molar-refractivity contribution in [1.29, 1.82) is 0 Å². The number of rotatable bonds is 7. The van der Waals surface area contributed by atoms with Gasteiger partial charge in [0.25, 0.3) is 0 Å². The van der Waals surface area contributed by atoms with Gasteiger partial charge in [0.05, 0.1) is 11.6 Å². The van der Waals surface area contributed by atoms with Crippen LogP contribution in [0.2, 0.25) is 0 Å². The molecule has 0 aliphatic heterocycles. The Labute approximate surface area is 130 Å². The van der Waals surface area contributed by atoms with Crippen molar-refractivity contribution in [3.63, 3.8) is 0 Å². The first-order valence-electron chi connectivity index (χ1n) is 8.74. The lowest BCUT2D eigenvalue weighted by Gasteiger charge is -2.41. The molecular weight excluding hydrogens is 258 g/mol. The topological polar surface area (TPSA) is 21.3 Å². The van der Waals surface area contributed by atoms with Crippen LogP contribution in [0.3, 0.4) is 0 Å². The first-order valence-corrected chi connectivity index (χ1v) is 8.74. The van der Waals surface area contributed by atoms with Gasteiger partial charge in [0.2, 0.25) is 0 Å². The van der Waals surface area contributed by atoms with Gasteiger partial charge in [-0.05, 0) is 38.3 Å². The van der Waals surface area contributed by atoms with Crippen LogP contribution in [-0.4, -0.2) is 18.8 Å². The highest BCUT2D eigenvalue weighted by Crippen LogP contribution is 2.40. The smallest absolute Gasteiger partial charge is 0.0876 e. The van der Waals surface area contributed by atoms with Crippen LogP contribution in [0.15, 0.2) is 30.3 Å². The van der Waals surface area contributed by atoms with Crippen LogP contribution in [-0.2, 0) is 4.74 Å². The Morgan fingerprint density at radius 2 is 1.71 bits per heavy atom. The number of hydrogen-bond acceptors (Lipinski definition) is 2. The van der Waals surface area contributed by atoms with Crippen molar-refractivity contribution in [2.45, 2.75) is 70.4 Å². The minimum absolute atomic E-state index is 0.0260. The van der Waals surface area contributed by atoms with Gasteiger partial charge in [0.1, 0.15) is 0 Å². The first-order chi connectivity index (χ1) is 10.3. The molecule has 0 heterocycles. The van der Waals surface area contributed by atoms with E-state index in [9.17, 15) is 0 Å². The van der Waals surface area contributed by atoms with Crippen molar-refractivity contribution in [3.8, 4) is 0 Å². The maximum absolute atomic E-state index is 6.40. The summed E-state index contributed by atoms with van der Waals surface area (Å²) in [5.41, 5.74) is 1.35. The van der Waals surface area contributed by atoms with E-state index in [0.717, 1.165) is 19.6 Å². The summed E-state index contributed by atoms with van der Waals surface area (Å²) in [7, 11) is 0. The normalized spacial score (nSPS) is 19.9. The number of hydrogen-bond donors (Lipinski definition) is 1. The third kappa shape index (κ3) is 4.31. The van der Waals surface area contributed by atoms with E-state index in [1.807, 2.05) is 0 Å². The molecule has 1 saturated carbocycles. The maximum atomic E-state index is 6.40. The molecular formula is C19H31NO. The fraction of sp³-hybridized carbons (Fsp3) is 0.684. The summed E-state index contributed by atoms with van der Waals surface area (Å²) in [6.45, 7) is 6.22. The van der Waals surface area contributed by atoms with Crippen LogP contribution in [0.1, 0.15) is 70.4 Å². The third-order valence-corrected chi connectivity index (χ3v) is 4.64. The van der Waals surface area contributed by atoms with Crippen LogP contribution in [0.5, 0.6) is 0 Å². The molecule has 1 N–H and O–H groups in total. The third-order valence-electron chi connectivity index (χ3n) is 4.64. The number of benzene rings is 1. The Hall–Kier alpha value is -0.860. The second-order valence-electron chi connectivity index (χ2n) is 6.21. The van der Waals surface area contributed by atoms with Crippen molar-refractivity contribution in [3.05, 3.63) is 35.9 Å². The molecule has 2 nitrogen and oxygen atoms in total. The van der Waals surface area contributed by atoms with Gasteiger partial charge >= 0.3 is 0 Å². The SMILES string of the molecule is CCCNC(c1ccccc1)C1(OCC)CCCCCC1. The summed E-state index contributed by atoms with van der Waals surface area (Å²) in [5, 5.41) is 3.78. The molecule has 0 spiro atoms. The molecule has 2 heteroatoms. The average molecular weight is 289 g/mol. The van der Waals surface area contributed by atoms with Gasteiger partial charge in [-0.15, -0.1) is 0 Å². The molecule has 2 rings (SSSR count). The standard InChI is InChI=1S/C19H31NO/c1-3-16-20-18(17-12-8-7-9-13-17)19(21-4-2)14-10-5-6-11-15-19/h7-9,12-13,18,20H,3-6,10-11,14-16H2,1-2H3. The lowest BCUT2D eigenvalue weighted by molar-refractivity contribution is -0.0781. The number of ether oxygens (including phenoxy) is 1. The zero-order valence-corrected chi connectivity index (χ0v) is 13.7. The molecule has 21 heavy (non-hydrogen) atoms. The molecule has 1 atom stereocenters. The molecule has 1 aliphatic carbocycles. The van der Waals surface area contributed by atoms with Crippen molar-refractivity contribution in [1.82, 2.24) is 5.32 Å². The van der Waals surface area contributed by atoms with Crippen molar-refractivity contribution < 1.29 is 4.74 Å². The van der Waals surface area contributed by atoms with Gasteiger partial charge in [0.15, 0.2) is 0 Å². The van der Waals surface area contributed by atoms with Gasteiger partial charge in [-0.2, -0.15) is 0 Å². The predicted molar refractivity (Wildman–Crippen MR) is 89.5 cm³/mol. The first kappa shape index (κ1) is 16.5. The lowest BCUT2D eigenvalue weighted by atomic mass is 9.82. The molecule has 0 bridgehead atoms. The Morgan fingerprint density at radius 3 is 2.29 bits per heavy atom. The average Bonchev–Trinajstić information content (AvgIpc) is 2.76. The monoisotopic (exact) mass is 289 g/mol. The summed E-state index contributed by atoms with van der Waals surface area (Å²) in [5.74, 6) is 0. The van der Waals surface area contributed by atoms with Crippen molar-refractivity contribution in [2.75, 3.05) is 13.2 Å². The zero-order chi connectivity index (χ0) is 15.0. The Morgan fingerprint density at radius 1 is 1.05 bits per heavy atom. The van der Waals surface area contributed by atoms with E-state index >= 15 is 0 Å². The summed E-state index contributed by atoms with van der Waals surface area (Å²) >= 11 is 0. The lowest BCUT2D eigenvalue weighted by Crippen LogP contribution is -2.46. The second kappa shape index (κ2) is 8.55. The molecule has 1 fully saturated rings. The van der Waals surface area contributed by atoms with E-state index in [1.54, 1.807) is 0 Å². The Balaban J connectivity index is 2.29. The van der Waals surface area contributed by atoms with E-state index in [4.69, 9.17) is 4.74 Å². The fourth-order valence-electron chi connectivity index (χ4n) is 3.67. The van der Waals surface area contributed by atoms with E-state index in [0.29, 0.717) is 6.04 Å². The van der Waals surface area contributed by atoms with Crippen LogP contribution in [0.25, 0.3) is 0 Å². The van der Waals surface area contributed by atoms with Gasteiger partial charge in [-0.25, -0.2) is 0 Å². The number of nitrogens with one attached hydrogen (secondary N) is 1. The van der Waals surface area contributed by atoms with E-state index in [1.165, 1.54) is 44.1 Å². The highest BCUT2D eigenvalue weighted by molar-refractivity contribution is 5.23. The van der Waals surface area contributed by atoms with Crippen LogP contribution >= 0.6 is 0 Å². The van der Waals surface area contributed by atoms with Crippen LogP contribution in [0, 0.1) is 0 Å². The Bertz CT molecular complexity index is 382. The van der Waals surface area contributed by atoms with E-state index in [2.05, 4.69) is 49.5 Å². The van der Waals surface area contributed by atoms with Gasteiger partial charge in [-0.3, -0.25) is 0 Å². The molecule has 0 aromatic heterocycles. The second-order valence-corrected chi connectivity index (χ2v) is 6.21. The van der Waals surface area contributed by atoms with Crippen LogP contribution < -0.4 is 5.32 Å². The van der Waals surface area contributed by atoms with Crippen molar-refractivity contribution >= 4 is 0 Å². The quantitative estimate of drug-likeness (QED) is 0.724. The van der Waals surface area contributed by atoms with Crippen molar-refractivity contribution in [2.24, 2.45) is 0 Å². The highest BCUT2D eigenvalue weighted by atomic mass is 16.5. The summed E-state index contributed by atoms with van der Waals surface area (Å²) < 4.78 is 6.40. The molecule has 0 saturated heterocycles.